The fourth-order valence-corrected chi connectivity index (χ4v) is 2.64. The van der Waals surface area contributed by atoms with Gasteiger partial charge in [-0.1, -0.05) is 23.4 Å². The molecular weight excluding hydrogens is 262 g/mol. The van der Waals surface area contributed by atoms with E-state index in [1.807, 2.05) is 0 Å². The van der Waals surface area contributed by atoms with Gasteiger partial charge in [-0.15, -0.1) is 10.2 Å². The first-order valence-electron chi connectivity index (χ1n) is 6.61. The highest BCUT2D eigenvalue weighted by atomic mass is 32.2. The summed E-state index contributed by atoms with van der Waals surface area (Å²) in [7, 11) is 0. The summed E-state index contributed by atoms with van der Waals surface area (Å²) in [5, 5.41) is 10.9. The lowest BCUT2D eigenvalue weighted by molar-refractivity contribution is -0.118. The fraction of sp³-hybridized carbons (Fsp3) is 0.615. The Morgan fingerprint density at radius 3 is 3.05 bits per heavy atom. The van der Waals surface area contributed by atoms with Crippen LogP contribution in [0.5, 0.6) is 0 Å². The van der Waals surface area contributed by atoms with E-state index in [-0.39, 0.29) is 5.91 Å². The molecule has 0 spiro atoms. The van der Waals surface area contributed by atoms with E-state index in [9.17, 15) is 4.79 Å². The number of nitrogens with zero attached hydrogens (tertiary/aromatic N) is 2. The van der Waals surface area contributed by atoms with Gasteiger partial charge in [0.25, 0.3) is 5.22 Å². The molecule has 0 atom stereocenters. The minimum absolute atomic E-state index is 0.0114. The molecule has 104 valence electrons. The van der Waals surface area contributed by atoms with Crippen LogP contribution in [0, 0.1) is 6.92 Å². The molecule has 1 N–H and O–H groups in total. The van der Waals surface area contributed by atoms with Crippen LogP contribution in [0.25, 0.3) is 0 Å². The number of hydrogen-bond acceptors (Lipinski definition) is 5. The Morgan fingerprint density at radius 1 is 1.47 bits per heavy atom. The zero-order chi connectivity index (χ0) is 13.5. The summed E-state index contributed by atoms with van der Waals surface area (Å²) in [6.07, 6.45) is 8.24. The summed E-state index contributed by atoms with van der Waals surface area (Å²) in [4.78, 5) is 11.6. The van der Waals surface area contributed by atoms with Gasteiger partial charge in [-0.25, -0.2) is 0 Å². The van der Waals surface area contributed by atoms with Gasteiger partial charge in [0.2, 0.25) is 11.8 Å². The second-order valence-electron chi connectivity index (χ2n) is 4.58. The van der Waals surface area contributed by atoms with E-state index in [1.165, 1.54) is 43.0 Å². The van der Waals surface area contributed by atoms with E-state index >= 15 is 0 Å². The van der Waals surface area contributed by atoms with Crippen molar-refractivity contribution in [1.29, 1.82) is 0 Å². The molecule has 0 bridgehead atoms. The fourth-order valence-electron chi connectivity index (χ4n) is 2.01. The second-order valence-corrected chi connectivity index (χ2v) is 5.51. The Hall–Kier alpha value is -1.30. The number of rotatable bonds is 6. The number of nitrogens with one attached hydrogen (secondary N) is 1. The molecule has 0 aliphatic heterocycles. The molecule has 1 amide bonds. The zero-order valence-corrected chi connectivity index (χ0v) is 12.0. The van der Waals surface area contributed by atoms with E-state index in [4.69, 9.17) is 4.42 Å². The summed E-state index contributed by atoms with van der Waals surface area (Å²) < 4.78 is 5.19. The first-order valence-corrected chi connectivity index (χ1v) is 7.60. The lowest BCUT2D eigenvalue weighted by atomic mass is 9.97. The van der Waals surface area contributed by atoms with Crippen LogP contribution in [0.1, 0.15) is 38.0 Å². The van der Waals surface area contributed by atoms with Crippen LogP contribution >= 0.6 is 11.8 Å². The van der Waals surface area contributed by atoms with Gasteiger partial charge in [-0.2, -0.15) is 0 Å². The second kappa shape index (κ2) is 7.33. The van der Waals surface area contributed by atoms with Gasteiger partial charge in [0.05, 0.1) is 5.75 Å². The minimum atomic E-state index is 0.0114. The SMILES string of the molecule is Cc1nnc(SCC(=O)NCCC2=CCCCC2)o1. The number of carbonyl (C=O) groups is 1. The summed E-state index contributed by atoms with van der Waals surface area (Å²) in [6.45, 7) is 2.45. The molecule has 5 nitrogen and oxygen atoms in total. The molecule has 19 heavy (non-hydrogen) atoms. The molecule has 0 saturated carbocycles. The molecule has 1 heterocycles. The molecule has 0 saturated heterocycles. The third-order valence-corrected chi connectivity index (χ3v) is 3.81. The normalized spacial score (nSPS) is 15.1. The Morgan fingerprint density at radius 2 is 2.37 bits per heavy atom. The Balaban J connectivity index is 1.60. The highest BCUT2D eigenvalue weighted by molar-refractivity contribution is 7.99. The number of aryl methyl sites for hydroxylation is 1. The quantitative estimate of drug-likeness (QED) is 0.641. The molecule has 0 unspecified atom stereocenters. The molecule has 1 aromatic rings. The number of amides is 1. The Kier molecular flexibility index (Phi) is 5.44. The van der Waals surface area contributed by atoms with Crippen LogP contribution in [0.15, 0.2) is 21.3 Å². The van der Waals surface area contributed by atoms with Crippen molar-refractivity contribution in [3.05, 3.63) is 17.5 Å². The molecular formula is C13H19N3O2S. The van der Waals surface area contributed by atoms with E-state index < -0.39 is 0 Å². The van der Waals surface area contributed by atoms with Gasteiger partial charge in [-0.05, 0) is 32.1 Å². The number of hydrogen-bond donors (Lipinski definition) is 1. The maximum Gasteiger partial charge on any atom is 0.277 e. The van der Waals surface area contributed by atoms with Crippen molar-refractivity contribution in [2.45, 2.75) is 44.3 Å². The first-order chi connectivity index (χ1) is 9.24. The van der Waals surface area contributed by atoms with Gasteiger partial charge in [0.1, 0.15) is 0 Å². The Labute approximate surface area is 117 Å². The number of carbonyl (C=O) groups excluding carboxylic acids is 1. The van der Waals surface area contributed by atoms with Crippen LogP contribution < -0.4 is 5.32 Å². The topological polar surface area (TPSA) is 68.0 Å². The third-order valence-electron chi connectivity index (χ3n) is 2.99. The number of thioether (sulfide) groups is 1. The van der Waals surface area contributed by atoms with Crippen molar-refractivity contribution in [3.63, 3.8) is 0 Å². The highest BCUT2D eigenvalue weighted by Crippen LogP contribution is 2.19. The number of aromatic nitrogens is 2. The lowest BCUT2D eigenvalue weighted by Gasteiger charge is -2.12. The molecule has 0 fully saturated rings. The predicted octanol–water partition coefficient (Wildman–Crippen LogP) is 2.48. The van der Waals surface area contributed by atoms with Crippen LogP contribution in [0.4, 0.5) is 0 Å². The van der Waals surface area contributed by atoms with Gasteiger partial charge < -0.3 is 9.73 Å². The predicted molar refractivity (Wildman–Crippen MR) is 73.9 cm³/mol. The monoisotopic (exact) mass is 281 g/mol. The minimum Gasteiger partial charge on any atom is -0.416 e. The van der Waals surface area contributed by atoms with E-state index in [1.54, 1.807) is 6.92 Å². The lowest BCUT2D eigenvalue weighted by Crippen LogP contribution is -2.26. The summed E-state index contributed by atoms with van der Waals surface area (Å²) >= 11 is 1.27. The average molecular weight is 281 g/mol. The smallest absolute Gasteiger partial charge is 0.277 e. The van der Waals surface area contributed by atoms with Crippen molar-refractivity contribution in [1.82, 2.24) is 15.5 Å². The summed E-state index contributed by atoms with van der Waals surface area (Å²) in [5.41, 5.74) is 1.48. The van der Waals surface area contributed by atoms with Crippen molar-refractivity contribution in [3.8, 4) is 0 Å². The molecule has 6 heteroatoms. The maximum atomic E-state index is 11.6. The van der Waals surface area contributed by atoms with E-state index in [0.717, 1.165) is 6.42 Å². The van der Waals surface area contributed by atoms with Crippen LogP contribution in [-0.4, -0.2) is 28.4 Å². The van der Waals surface area contributed by atoms with Crippen molar-refractivity contribution < 1.29 is 9.21 Å². The molecule has 1 aliphatic rings. The number of allylic oxidation sites excluding steroid dienone is 1. The van der Waals surface area contributed by atoms with Crippen LogP contribution in [0.3, 0.4) is 0 Å². The van der Waals surface area contributed by atoms with Gasteiger partial charge in [0.15, 0.2) is 0 Å². The molecule has 1 aromatic heterocycles. The molecule has 0 aromatic carbocycles. The van der Waals surface area contributed by atoms with Crippen LogP contribution in [0.2, 0.25) is 0 Å². The highest BCUT2D eigenvalue weighted by Gasteiger charge is 2.08. The van der Waals surface area contributed by atoms with Crippen molar-refractivity contribution in [2.75, 3.05) is 12.3 Å². The average Bonchev–Trinajstić information content (AvgIpc) is 2.83. The van der Waals surface area contributed by atoms with E-state index in [2.05, 4.69) is 21.6 Å². The zero-order valence-electron chi connectivity index (χ0n) is 11.1. The Bertz CT molecular complexity index is 456. The van der Waals surface area contributed by atoms with Crippen molar-refractivity contribution in [2.24, 2.45) is 0 Å². The molecule has 0 radical (unpaired) electrons. The standard InChI is InChI=1S/C13H19N3O2S/c1-10-15-16-13(18-10)19-9-12(17)14-8-7-11-5-3-2-4-6-11/h5H,2-4,6-9H2,1H3,(H,14,17). The van der Waals surface area contributed by atoms with E-state index in [0.29, 0.717) is 23.4 Å². The third kappa shape index (κ3) is 5.06. The summed E-state index contributed by atoms with van der Waals surface area (Å²) in [5.74, 6) is 0.852. The van der Waals surface area contributed by atoms with Crippen LogP contribution in [-0.2, 0) is 4.79 Å². The molecule has 1 aliphatic carbocycles. The van der Waals surface area contributed by atoms with Gasteiger partial charge in [-0.3, -0.25) is 4.79 Å². The van der Waals surface area contributed by atoms with Gasteiger partial charge in [0, 0.05) is 13.5 Å². The van der Waals surface area contributed by atoms with Gasteiger partial charge >= 0.3 is 0 Å². The first kappa shape index (κ1) is 14.1. The maximum absolute atomic E-state index is 11.6. The largest absolute Gasteiger partial charge is 0.416 e. The summed E-state index contributed by atoms with van der Waals surface area (Å²) in [6, 6.07) is 0. The molecule has 2 rings (SSSR count). The van der Waals surface area contributed by atoms with Crippen molar-refractivity contribution >= 4 is 17.7 Å².